The lowest BCUT2D eigenvalue weighted by Crippen LogP contribution is -2.20. The van der Waals surface area contributed by atoms with E-state index >= 15 is 0 Å². The molecule has 148 valence electrons. The van der Waals surface area contributed by atoms with Crippen molar-refractivity contribution in [2.24, 2.45) is 4.99 Å². The van der Waals surface area contributed by atoms with Crippen molar-refractivity contribution in [2.45, 2.75) is 20.4 Å². The Morgan fingerprint density at radius 2 is 1.96 bits per heavy atom. The van der Waals surface area contributed by atoms with E-state index in [-0.39, 0.29) is 5.91 Å². The highest BCUT2D eigenvalue weighted by Gasteiger charge is 2.13. The zero-order valence-corrected chi connectivity index (χ0v) is 17.1. The first-order valence-corrected chi connectivity index (χ1v) is 10.1. The molecule has 7 heteroatoms. The third kappa shape index (κ3) is 4.43. The molecule has 0 fully saturated rings. The molecule has 0 aliphatic rings. The smallest absolute Gasteiger partial charge is 0.283 e. The lowest BCUT2D eigenvalue weighted by atomic mass is 10.2. The lowest BCUT2D eigenvalue weighted by Gasteiger charge is -2.07. The number of amides is 1. The zero-order chi connectivity index (χ0) is 19.9. The van der Waals surface area contributed by atoms with Crippen LogP contribution in [0.1, 0.15) is 24.2 Å². The highest BCUT2D eigenvalue weighted by molar-refractivity contribution is 7.16. The van der Waals surface area contributed by atoms with Crippen molar-refractivity contribution in [3.8, 4) is 11.5 Å². The highest BCUT2D eigenvalue weighted by atomic mass is 32.1. The first-order valence-electron chi connectivity index (χ1n) is 9.24. The third-order valence-corrected chi connectivity index (χ3v) is 5.21. The molecule has 0 aliphatic carbocycles. The van der Waals surface area contributed by atoms with Gasteiger partial charge in [-0.05, 0) is 44.2 Å². The van der Waals surface area contributed by atoms with Crippen LogP contribution in [0.3, 0.4) is 0 Å². The Morgan fingerprint density at radius 3 is 2.71 bits per heavy atom. The van der Waals surface area contributed by atoms with Gasteiger partial charge in [-0.25, -0.2) is 0 Å². The number of para-hydroxylation sites is 1. The standard InChI is InChI=1S/C21H24N2O4S/c1-4-26-13-12-23-17-11-10-15(25-3)14-19(17)28-21(23)22-20(24)16-8-6-7-9-18(16)27-5-2/h6-11,14H,4-5,12-13H2,1-3H3. The van der Waals surface area contributed by atoms with Crippen molar-refractivity contribution in [1.29, 1.82) is 0 Å². The second-order valence-electron chi connectivity index (χ2n) is 5.91. The van der Waals surface area contributed by atoms with Crippen LogP contribution in [-0.4, -0.2) is 37.4 Å². The minimum atomic E-state index is -0.326. The minimum absolute atomic E-state index is 0.326. The molecule has 0 saturated carbocycles. The van der Waals surface area contributed by atoms with Gasteiger partial charge in [0, 0.05) is 13.2 Å². The van der Waals surface area contributed by atoms with Gasteiger partial charge in [0.2, 0.25) is 0 Å². The van der Waals surface area contributed by atoms with Gasteiger partial charge in [-0.2, -0.15) is 4.99 Å². The number of hydrogen-bond donors (Lipinski definition) is 0. The van der Waals surface area contributed by atoms with E-state index < -0.39 is 0 Å². The number of aromatic nitrogens is 1. The molecule has 1 aromatic heterocycles. The first-order chi connectivity index (χ1) is 13.7. The van der Waals surface area contributed by atoms with Crippen LogP contribution in [0.4, 0.5) is 0 Å². The summed E-state index contributed by atoms with van der Waals surface area (Å²) in [6.07, 6.45) is 0. The second-order valence-corrected chi connectivity index (χ2v) is 6.92. The van der Waals surface area contributed by atoms with Gasteiger partial charge < -0.3 is 18.8 Å². The molecule has 0 saturated heterocycles. The summed E-state index contributed by atoms with van der Waals surface area (Å²) >= 11 is 1.45. The minimum Gasteiger partial charge on any atom is -0.497 e. The Bertz CT molecular complexity index is 1020. The van der Waals surface area contributed by atoms with Gasteiger partial charge in [0.1, 0.15) is 11.5 Å². The predicted octanol–water partition coefficient (Wildman–Crippen LogP) is 3.89. The number of ether oxygens (including phenoxy) is 3. The number of rotatable bonds is 8. The van der Waals surface area contributed by atoms with Crippen LogP contribution < -0.4 is 14.3 Å². The molecule has 0 bridgehead atoms. The molecule has 0 unspecified atom stereocenters. The van der Waals surface area contributed by atoms with Gasteiger partial charge in [-0.15, -0.1) is 0 Å². The SMILES string of the molecule is CCOCCn1c(=NC(=O)c2ccccc2OCC)sc2cc(OC)ccc21. The molecule has 0 N–H and O–H groups in total. The normalized spacial score (nSPS) is 11.8. The monoisotopic (exact) mass is 400 g/mol. The largest absolute Gasteiger partial charge is 0.497 e. The van der Waals surface area contributed by atoms with Crippen LogP contribution in [0.5, 0.6) is 11.5 Å². The third-order valence-electron chi connectivity index (χ3n) is 4.17. The van der Waals surface area contributed by atoms with Gasteiger partial charge in [-0.3, -0.25) is 4.79 Å². The van der Waals surface area contributed by atoms with Crippen molar-refractivity contribution in [3.63, 3.8) is 0 Å². The van der Waals surface area contributed by atoms with Crippen molar-refractivity contribution >= 4 is 27.5 Å². The van der Waals surface area contributed by atoms with Crippen molar-refractivity contribution in [1.82, 2.24) is 4.57 Å². The Hall–Kier alpha value is -2.64. The van der Waals surface area contributed by atoms with Gasteiger partial charge in [0.25, 0.3) is 5.91 Å². The first kappa shape index (κ1) is 20.1. The van der Waals surface area contributed by atoms with Gasteiger partial charge in [-0.1, -0.05) is 23.5 Å². The van der Waals surface area contributed by atoms with E-state index in [1.807, 2.05) is 48.7 Å². The van der Waals surface area contributed by atoms with Crippen LogP contribution in [0.15, 0.2) is 47.5 Å². The number of carbonyl (C=O) groups excluding carboxylic acids is 1. The summed E-state index contributed by atoms with van der Waals surface area (Å²) in [7, 11) is 1.64. The van der Waals surface area contributed by atoms with E-state index in [2.05, 4.69) is 4.99 Å². The van der Waals surface area contributed by atoms with Crippen molar-refractivity contribution < 1.29 is 19.0 Å². The fourth-order valence-corrected chi connectivity index (χ4v) is 3.94. The molecular weight excluding hydrogens is 376 g/mol. The van der Waals surface area contributed by atoms with Crippen molar-refractivity contribution in [2.75, 3.05) is 26.9 Å². The quantitative estimate of drug-likeness (QED) is 0.538. The molecule has 1 amide bonds. The van der Waals surface area contributed by atoms with Crippen LogP contribution in [-0.2, 0) is 11.3 Å². The van der Waals surface area contributed by atoms with E-state index in [1.54, 1.807) is 19.2 Å². The summed E-state index contributed by atoms with van der Waals surface area (Å²) in [4.78, 5) is 17.9. The Morgan fingerprint density at radius 1 is 1.14 bits per heavy atom. The molecule has 6 nitrogen and oxygen atoms in total. The number of fused-ring (bicyclic) bond motifs is 1. The number of hydrogen-bond acceptors (Lipinski definition) is 5. The molecule has 3 rings (SSSR count). The van der Waals surface area contributed by atoms with Gasteiger partial charge in [0.15, 0.2) is 4.80 Å². The molecule has 0 spiro atoms. The Kier molecular flexibility index (Phi) is 6.84. The lowest BCUT2D eigenvalue weighted by molar-refractivity contribution is 0.0993. The fourth-order valence-electron chi connectivity index (χ4n) is 2.85. The molecule has 0 aliphatic heterocycles. The van der Waals surface area contributed by atoms with Crippen LogP contribution in [0, 0.1) is 0 Å². The molecule has 1 heterocycles. The van der Waals surface area contributed by atoms with E-state index in [0.29, 0.717) is 42.5 Å². The maximum Gasteiger partial charge on any atom is 0.283 e. The number of carbonyl (C=O) groups is 1. The van der Waals surface area contributed by atoms with E-state index in [1.165, 1.54) is 11.3 Å². The van der Waals surface area contributed by atoms with Gasteiger partial charge >= 0.3 is 0 Å². The van der Waals surface area contributed by atoms with Crippen molar-refractivity contribution in [3.05, 3.63) is 52.8 Å². The molecule has 0 atom stereocenters. The number of methoxy groups -OCH3 is 1. The van der Waals surface area contributed by atoms with Crippen LogP contribution in [0.25, 0.3) is 10.2 Å². The van der Waals surface area contributed by atoms with Gasteiger partial charge in [0.05, 0.1) is 36.1 Å². The molecule has 2 aromatic carbocycles. The summed E-state index contributed by atoms with van der Waals surface area (Å²) in [6.45, 7) is 6.13. The summed E-state index contributed by atoms with van der Waals surface area (Å²) in [6, 6.07) is 13.0. The number of nitrogens with zero attached hydrogens (tertiary/aromatic N) is 2. The average Bonchev–Trinajstić information content (AvgIpc) is 3.05. The number of thiazole rings is 1. The predicted molar refractivity (Wildman–Crippen MR) is 110 cm³/mol. The molecule has 28 heavy (non-hydrogen) atoms. The second kappa shape index (κ2) is 9.52. The summed E-state index contributed by atoms with van der Waals surface area (Å²) in [5.74, 6) is 0.986. The average molecular weight is 401 g/mol. The van der Waals surface area contributed by atoms with Crippen LogP contribution >= 0.6 is 11.3 Å². The van der Waals surface area contributed by atoms with E-state index in [4.69, 9.17) is 14.2 Å². The van der Waals surface area contributed by atoms with E-state index in [9.17, 15) is 4.79 Å². The topological polar surface area (TPSA) is 62.1 Å². The molecule has 3 aromatic rings. The number of benzene rings is 2. The van der Waals surface area contributed by atoms with E-state index in [0.717, 1.165) is 16.0 Å². The Balaban J connectivity index is 2.07. The highest BCUT2D eigenvalue weighted by Crippen LogP contribution is 2.24. The zero-order valence-electron chi connectivity index (χ0n) is 16.3. The fraction of sp³-hybridized carbons (Fsp3) is 0.333. The summed E-state index contributed by atoms with van der Waals surface area (Å²) < 4.78 is 19.4. The Labute approximate surface area is 168 Å². The summed E-state index contributed by atoms with van der Waals surface area (Å²) in [5, 5.41) is 0. The maximum absolute atomic E-state index is 12.9. The molecular formula is C21H24N2O4S. The summed E-state index contributed by atoms with van der Waals surface area (Å²) in [5.41, 5.74) is 1.45. The van der Waals surface area contributed by atoms with Crippen LogP contribution in [0.2, 0.25) is 0 Å². The molecule has 0 radical (unpaired) electrons. The maximum atomic E-state index is 12.9.